The summed E-state index contributed by atoms with van der Waals surface area (Å²) in [5.41, 5.74) is 2.06. The van der Waals surface area contributed by atoms with Crippen molar-refractivity contribution in [3.05, 3.63) is 48.0 Å². The SMILES string of the molecule is O=C(CC1CN(CC2CCOCC2)Cc2ccnn21)NCc1ccccn1.O=C(O)C(F)(F)F.O=C(O)C(F)(F)F. The van der Waals surface area contributed by atoms with Crippen LogP contribution in [0.3, 0.4) is 0 Å². The first-order valence-electron chi connectivity index (χ1n) is 12.3. The van der Waals surface area contributed by atoms with Crippen molar-refractivity contribution in [2.75, 3.05) is 26.3 Å². The van der Waals surface area contributed by atoms with Crippen LogP contribution < -0.4 is 5.32 Å². The number of carboxylic acids is 2. The summed E-state index contributed by atoms with van der Waals surface area (Å²) in [6.45, 7) is 5.04. The van der Waals surface area contributed by atoms with Crippen molar-refractivity contribution in [2.24, 2.45) is 5.92 Å². The van der Waals surface area contributed by atoms with Crippen LogP contribution in [0.25, 0.3) is 0 Å². The van der Waals surface area contributed by atoms with E-state index in [-0.39, 0.29) is 11.9 Å². The van der Waals surface area contributed by atoms with Gasteiger partial charge in [0.1, 0.15) is 0 Å². The third kappa shape index (κ3) is 12.1. The number of hydrogen-bond donors (Lipinski definition) is 3. The number of carboxylic acid groups (broad SMARTS) is 2. The van der Waals surface area contributed by atoms with Crippen molar-refractivity contribution in [3.8, 4) is 0 Å². The lowest BCUT2D eigenvalue weighted by molar-refractivity contribution is -0.193. The van der Waals surface area contributed by atoms with Crippen molar-refractivity contribution < 1.29 is 55.7 Å². The minimum atomic E-state index is -5.08. The molecule has 228 valence electrons. The molecule has 0 spiro atoms. The molecule has 1 amide bonds. The van der Waals surface area contributed by atoms with Gasteiger partial charge in [0, 0.05) is 45.2 Å². The fraction of sp³-hybridized carbons (Fsp3) is 0.542. The zero-order valence-corrected chi connectivity index (χ0v) is 21.6. The Morgan fingerprint density at radius 1 is 0.976 bits per heavy atom. The Morgan fingerprint density at radius 2 is 1.59 bits per heavy atom. The number of alkyl halides is 6. The number of fused-ring (bicyclic) bond motifs is 1. The monoisotopic (exact) mass is 597 g/mol. The van der Waals surface area contributed by atoms with Gasteiger partial charge in [-0.15, -0.1) is 0 Å². The van der Waals surface area contributed by atoms with Gasteiger partial charge in [-0.05, 0) is 37.0 Å². The number of halogens is 6. The highest BCUT2D eigenvalue weighted by molar-refractivity contribution is 5.76. The molecule has 0 radical (unpaired) electrons. The Morgan fingerprint density at radius 3 is 2.12 bits per heavy atom. The van der Waals surface area contributed by atoms with Gasteiger partial charge in [-0.1, -0.05) is 6.07 Å². The van der Waals surface area contributed by atoms with E-state index in [1.54, 1.807) is 6.20 Å². The van der Waals surface area contributed by atoms with Crippen molar-refractivity contribution in [1.29, 1.82) is 0 Å². The predicted octanol–water partition coefficient (Wildman–Crippen LogP) is 3.03. The van der Waals surface area contributed by atoms with Gasteiger partial charge in [0.2, 0.25) is 5.91 Å². The minimum absolute atomic E-state index is 0.0417. The summed E-state index contributed by atoms with van der Waals surface area (Å²) < 4.78 is 71.0. The summed E-state index contributed by atoms with van der Waals surface area (Å²) in [5, 5.41) is 21.7. The van der Waals surface area contributed by atoms with Gasteiger partial charge in [0.05, 0.1) is 30.4 Å². The number of carbonyl (C=O) groups is 3. The van der Waals surface area contributed by atoms with Gasteiger partial charge >= 0.3 is 24.3 Å². The van der Waals surface area contributed by atoms with Crippen LogP contribution in [0, 0.1) is 5.92 Å². The fourth-order valence-corrected chi connectivity index (χ4v) is 4.03. The van der Waals surface area contributed by atoms with Crippen LogP contribution >= 0.6 is 0 Å². The van der Waals surface area contributed by atoms with Crippen LogP contribution in [0.5, 0.6) is 0 Å². The van der Waals surface area contributed by atoms with E-state index in [0.717, 1.165) is 51.4 Å². The van der Waals surface area contributed by atoms with Crippen molar-refractivity contribution >= 4 is 17.8 Å². The van der Waals surface area contributed by atoms with Crippen molar-refractivity contribution in [2.45, 2.75) is 50.7 Å². The number of nitrogens with zero attached hydrogens (tertiary/aromatic N) is 4. The molecule has 0 aliphatic carbocycles. The van der Waals surface area contributed by atoms with Crippen LogP contribution in [0.1, 0.15) is 36.7 Å². The van der Waals surface area contributed by atoms with Gasteiger partial charge in [-0.25, -0.2) is 9.59 Å². The highest BCUT2D eigenvalue weighted by Crippen LogP contribution is 2.26. The second kappa shape index (κ2) is 15.3. The molecular weight excluding hydrogens is 568 g/mol. The number of aromatic nitrogens is 3. The molecule has 1 saturated heterocycles. The number of nitrogens with one attached hydrogen (secondary N) is 1. The lowest BCUT2D eigenvalue weighted by atomic mass is 9.98. The minimum Gasteiger partial charge on any atom is -0.475 e. The third-order valence-electron chi connectivity index (χ3n) is 5.91. The molecule has 17 heteroatoms. The van der Waals surface area contributed by atoms with E-state index in [2.05, 4.69) is 26.4 Å². The average Bonchev–Trinajstić information content (AvgIpc) is 3.37. The normalized spacial score (nSPS) is 17.7. The first-order valence-corrected chi connectivity index (χ1v) is 12.3. The maximum atomic E-state index is 12.5. The first kappa shape index (κ1) is 33.5. The Bertz CT molecular complexity index is 1100. The fourth-order valence-electron chi connectivity index (χ4n) is 4.03. The zero-order chi connectivity index (χ0) is 30.6. The maximum Gasteiger partial charge on any atom is 0.490 e. The Balaban J connectivity index is 0.000000349. The summed E-state index contributed by atoms with van der Waals surface area (Å²) in [5.74, 6) is -4.79. The Labute approximate surface area is 230 Å². The maximum absolute atomic E-state index is 12.5. The molecule has 2 aliphatic heterocycles. The Kier molecular flexibility index (Phi) is 12.5. The van der Waals surface area contributed by atoms with Gasteiger partial charge in [-0.2, -0.15) is 31.4 Å². The summed E-state index contributed by atoms with van der Waals surface area (Å²) in [7, 11) is 0. The first-order chi connectivity index (χ1) is 19.2. The average molecular weight is 598 g/mol. The molecule has 1 unspecified atom stereocenters. The molecule has 1 fully saturated rings. The molecule has 4 rings (SSSR count). The van der Waals surface area contributed by atoms with E-state index < -0.39 is 24.3 Å². The zero-order valence-electron chi connectivity index (χ0n) is 21.6. The molecule has 1 atom stereocenters. The van der Waals surface area contributed by atoms with E-state index in [9.17, 15) is 31.1 Å². The number of carbonyl (C=O) groups excluding carboxylic acids is 1. The summed E-state index contributed by atoms with van der Waals surface area (Å²) in [6, 6.07) is 7.86. The van der Waals surface area contributed by atoms with Gasteiger partial charge in [0.15, 0.2) is 0 Å². The number of pyridine rings is 1. The molecule has 0 aromatic carbocycles. The highest BCUT2D eigenvalue weighted by Gasteiger charge is 2.39. The van der Waals surface area contributed by atoms with Crippen molar-refractivity contribution in [3.63, 3.8) is 0 Å². The topological polar surface area (TPSA) is 147 Å². The lowest BCUT2D eigenvalue weighted by Crippen LogP contribution is -2.42. The van der Waals surface area contributed by atoms with Crippen LogP contribution in [0.15, 0.2) is 36.7 Å². The summed E-state index contributed by atoms with van der Waals surface area (Å²) in [4.78, 5) is 37.0. The van der Waals surface area contributed by atoms with E-state index in [4.69, 9.17) is 24.5 Å². The van der Waals surface area contributed by atoms with Crippen LogP contribution in [0.2, 0.25) is 0 Å². The van der Waals surface area contributed by atoms with E-state index >= 15 is 0 Å². The molecule has 41 heavy (non-hydrogen) atoms. The van der Waals surface area contributed by atoms with Crippen molar-refractivity contribution in [1.82, 2.24) is 25.0 Å². The van der Waals surface area contributed by atoms with Gasteiger partial charge < -0.3 is 20.3 Å². The van der Waals surface area contributed by atoms with E-state index in [1.165, 1.54) is 5.69 Å². The number of rotatable bonds is 6. The molecule has 2 aromatic heterocycles. The number of ether oxygens (including phenoxy) is 1. The number of amides is 1. The van der Waals surface area contributed by atoms with Crippen LogP contribution in [0.4, 0.5) is 26.3 Å². The standard InChI is InChI=1S/C20H27N5O2.2C2HF3O2/c26-20(22-12-17-3-1-2-7-21-17)11-19-15-24(13-16-5-9-27-10-6-16)14-18-4-8-23-25(18)19;2*3-2(4,5)1(6)7/h1-4,7-8,16,19H,5-6,9-15H2,(H,22,26);2*(H,6,7). The Hall–Kier alpha value is -3.73. The number of hydrogen-bond acceptors (Lipinski definition) is 7. The molecule has 4 heterocycles. The van der Waals surface area contributed by atoms with Crippen LogP contribution in [-0.2, 0) is 32.2 Å². The molecule has 2 aromatic rings. The largest absolute Gasteiger partial charge is 0.490 e. The second-order valence-corrected chi connectivity index (χ2v) is 9.08. The lowest BCUT2D eigenvalue weighted by Gasteiger charge is -2.36. The van der Waals surface area contributed by atoms with E-state index in [0.29, 0.717) is 18.9 Å². The van der Waals surface area contributed by atoms with Crippen LogP contribution in [-0.4, -0.2) is 86.4 Å². The molecule has 0 bridgehead atoms. The summed E-state index contributed by atoms with van der Waals surface area (Å²) >= 11 is 0. The van der Waals surface area contributed by atoms with Gasteiger partial charge in [0.25, 0.3) is 0 Å². The molecule has 0 saturated carbocycles. The molecular formula is C24H29F6N5O6. The molecule has 2 aliphatic rings. The molecule has 11 nitrogen and oxygen atoms in total. The van der Waals surface area contributed by atoms with E-state index in [1.807, 2.05) is 29.1 Å². The quantitative estimate of drug-likeness (QED) is 0.428. The third-order valence-corrected chi connectivity index (χ3v) is 5.91. The second-order valence-electron chi connectivity index (χ2n) is 9.08. The number of aliphatic carboxylic acids is 2. The van der Waals surface area contributed by atoms with Gasteiger partial charge in [-0.3, -0.25) is 19.4 Å². The smallest absolute Gasteiger partial charge is 0.475 e. The molecule has 3 N–H and O–H groups in total. The summed E-state index contributed by atoms with van der Waals surface area (Å²) in [6.07, 6.45) is -3.89. The predicted molar refractivity (Wildman–Crippen MR) is 128 cm³/mol. The highest BCUT2D eigenvalue weighted by atomic mass is 19.4.